The van der Waals surface area contributed by atoms with E-state index < -0.39 is 0 Å². The van der Waals surface area contributed by atoms with Crippen molar-refractivity contribution >= 4 is 55.9 Å². The first kappa shape index (κ1) is 35.1. The number of aromatic nitrogens is 1. The van der Waals surface area contributed by atoms with Crippen molar-refractivity contribution in [1.29, 1.82) is 0 Å². The van der Waals surface area contributed by atoms with Gasteiger partial charge in [0.2, 0.25) is 0 Å². The Labute approximate surface area is 311 Å². The van der Waals surface area contributed by atoms with Crippen molar-refractivity contribution in [3.63, 3.8) is 0 Å². The molecule has 52 heavy (non-hydrogen) atoms. The average molecular weight is 684 g/mol. The predicted molar refractivity (Wildman–Crippen MR) is 227 cm³/mol. The molecular formula is C49H53N3. The zero-order valence-electron chi connectivity index (χ0n) is 33.4. The van der Waals surface area contributed by atoms with E-state index in [-0.39, 0.29) is 0 Å². The summed E-state index contributed by atoms with van der Waals surface area (Å²) >= 11 is 0. The standard InChI is InChI=1S/C49H53N3/c1-28-18-42(19-29(2)36(28)9)51(43-20-30(3)37(10)31(4)21-43)40-14-16-48-46(26-40)47-27-41(15-17-49(47)50(48)13)52(44-22-32(5)38(11)33(6)23-44)45-24-34(7)39(12)35(8)25-45/h14-27H,1-13H3. The van der Waals surface area contributed by atoms with Gasteiger partial charge in [-0.15, -0.1) is 0 Å². The molecule has 6 aromatic carbocycles. The zero-order chi connectivity index (χ0) is 37.3. The lowest BCUT2D eigenvalue weighted by atomic mass is 9.99. The molecule has 1 aromatic heterocycles. The van der Waals surface area contributed by atoms with E-state index in [2.05, 4.69) is 189 Å². The molecule has 0 saturated heterocycles. The lowest BCUT2D eigenvalue weighted by molar-refractivity contribution is 1.01. The third kappa shape index (κ3) is 5.87. The second-order valence-electron chi connectivity index (χ2n) is 15.5. The number of hydrogen-bond acceptors (Lipinski definition) is 2. The van der Waals surface area contributed by atoms with Gasteiger partial charge in [-0.05, 0) is 235 Å². The first-order valence-corrected chi connectivity index (χ1v) is 18.6. The average Bonchev–Trinajstić information content (AvgIpc) is 3.37. The summed E-state index contributed by atoms with van der Waals surface area (Å²) in [6.07, 6.45) is 0. The summed E-state index contributed by atoms with van der Waals surface area (Å²) in [5, 5.41) is 2.49. The summed E-state index contributed by atoms with van der Waals surface area (Å²) < 4.78 is 2.34. The minimum Gasteiger partial charge on any atom is -0.344 e. The van der Waals surface area contributed by atoms with Crippen LogP contribution in [0.25, 0.3) is 21.8 Å². The Bertz CT molecular complexity index is 2180. The van der Waals surface area contributed by atoms with Crippen molar-refractivity contribution < 1.29 is 0 Å². The number of hydrogen-bond donors (Lipinski definition) is 0. The van der Waals surface area contributed by atoms with E-state index in [0.717, 1.165) is 11.4 Å². The van der Waals surface area contributed by atoms with E-state index in [4.69, 9.17) is 0 Å². The summed E-state index contributed by atoms with van der Waals surface area (Å²) in [6, 6.07) is 32.7. The number of rotatable bonds is 6. The summed E-state index contributed by atoms with van der Waals surface area (Å²) in [6.45, 7) is 26.7. The van der Waals surface area contributed by atoms with Gasteiger partial charge in [0.15, 0.2) is 0 Å². The molecule has 0 unspecified atom stereocenters. The molecule has 3 nitrogen and oxygen atoms in total. The lowest BCUT2D eigenvalue weighted by Crippen LogP contribution is -2.12. The molecule has 264 valence electrons. The lowest BCUT2D eigenvalue weighted by Gasteiger charge is -2.28. The Kier molecular flexibility index (Phi) is 8.81. The second-order valence-corrected chi connectivity index (χ2v) is 15.5. The fourth-order valence-corrected chi connectivity index (χ4v) is 7.93. The van der Waals surface area contributed by atoms with Gasteiger partial charge in [-0.2, -0.15) is 0 Å². The Morgan fingerprint density at radius 2 is 0.538 bits per heavy atom. The molecule has 1 heterocycles. The van der Waals surface area contributed by atoms with Gasteiger partial charge >= 0.3 is 0 Å². The van der Waals surface area contributed by atoms with Crippen LogP contribution in [-0.4, -0.2) is 4.57 Å². The summed E-state index contributed by atoms with van der Waals surface area (Å²) in [4.78, 5) is 4.89. The minimum absolute atomic E-state index is 1.15. The maximum Gasteiger partial charge on any atom is 0.0490 e. The van der Waals surface area contributed by atoms with Crippen LogP contribution in [0.4, 0.5) is 34.1 Å². The van der Waals surface area contributed by atoms with Gasteiger partial charge in [0.05, 0.1) is 0 Å². The van der Waals surface area contributed by atoms with Crippen LogP contribution in [0.1, 0.15) is 66.8 Å². The van der Waals surface area contributed by atoms with E-state index in [9.17, 15) is 0 Å². The molecule has 0 spiro atoms. The highest BCUT2D eigenvalue weighted by molar-refractivity contribution is 6.11. The third-order valence-electron chi connectivity index (χ3n) is 12.2. The number of benzene rings is 6. The van der Waals surface area contributed by atoms with Crippen LogP contribution in [0.3, 0.4) is 0 Å². The topological polar surface area (TPSA) is 11.4 Å². The zero-order valence-corrected chi connectivity index (χ0v) is 33.4. The molecule has 3 heteroatoms. The van der Waals surface area contributed by atoms with Crippen LogP contribution in [-0.2, 0) is 7.05 Å². The van der Waals surface area contributed by atoms with Crippen molar-refractivity contribution in [2.24, 2.45) is 7.05 Å². The van der Waals surface area contributed by atoms with E-state index >= 15 is 0 Å². The summed E-state index contributed by atoms with van der Waals surface area (Å²) in [5.41, 5.74) is 25.3. The highest BCUT2D eigenvalue weighted by Gasteiger charge is 2.21. The van der Waals surface area contributed by atoms with Crippen molar-refractivity contribution in [3.05, 3.63) is 152 Å². The van der Waals surface area contributed by atoms with Crippen molar-refractivity contribution in [2.75, 3.05) is 9.80 Å². The van der Waals surface area contributed by atoms with Gasteiger partial charge in [-0.1, -0.05) is 0 Å². The molecule has 7 rings (SSSR count). The fourth-order valence-electron chi connectivity index (χ4n) is 7.93. The number of nitrogens with zero attached hydrogens (tertiary/aromatic N) is 3. The van der Waals surface area contributed by atoms with E-state index in [1.807, 2.05) is 0 Å². The van der Waals surface area contributed by atoms with Crippen molar-refractivity contribution in [2.45, 2.75) is 83.1 Å². The van der Waals surface area contributed by atoms with Crippen LogP contribution in [0.2, 0.25) is 0 Å². The first-order chi connectivity index (χ1) is 24.6. The monoisotopic (exact) mass is 683 g/mol. The molecule has 0 N–H and O–H groups in total. The largest absolute Gasteiger partial charge is 0.344 e. The Hall–Kier alpha value is -5.28. The van der Waals surface area contributed by atoms with Crippen LogP contribution >= 0.6 is 0 Å². The molecule has 7 aromatic rings. The summed E-state index contributed by atoms with van der Waals surface area (Å²) in [5.74, 6) is 0. The van der Waals surface area contributed by atoms with Crippen LogP contribution < -0.4 is 9.80 Å². The molecule has 0 fully saturated rings. The molecule has 0 aliphatic heterocycles. The number of fused-ring (bicyclic) bond motifs is 3. The van der Waals surface area contributed by atoms with Gasteiger partial charge in [0, 0.05) is 63.0 Å². The predicted octanol–water partition coefficient (Wildman–Crippen LogP) is 14.0. The number of anilines is 6. The van der Waals surface area contributed by atoms with Crippen molar-refractivity contribution in [3.8, 4) is 0 Å². The highest BCUT2D eigenvalue weighted by Crippen LogP contribution is 2.43. The molecule has 0 radical (unpaired) electrons. The minimum atomic E-state index is 1.15. The molecule has 0 atom stereocenters. The highest BCUT2D eigenvalue weighted by atomic mass is 15.1. The quantitative estimate of drug-likeness (QED) is 0.173. The molecule has 0 aliphatic rings. The smallest absolute Gasteiger partial charge is 0.0490 e. The van der Waals surface area contributed by atoms with E-state index in [0.29, 0.717) is 0 Å². The van der Waals surface area contributed by atoms with Crippen molar-refractivity contribution in [1.82, 2.24) is 4.57 Å². The van der Waals surface area contributed by atoms with Gasteiger partial charge in [-0.25, -0.2) is 0 Å². The molecular weight excluding hydrogens is 631 g/mol. The molecule has 0 bridgehead atoms. The Morgan fingerprint density at radius 3 is 0.769 bits per heavy atom. The first-order valence-electron chi connectivity index (χ1n) is 18.6. The SMILES string of the molecule is Cc1cc(N(c2cc(C)c(C)c(C)c2)c2ccc3c(c2)c2cc(N(c4cc(C)c(C)c(C)c4)c4cc(C)c(C)c(C)c4)ccc2n3C)cc(C)c1C. The van der Waals surface area contributed by atoms with E-state index in [1.54, 1.807) is 0 Å². The van der Waals surface area contributed by atoms with Crippen LogP contribution in [0.5, 0.6) is 0 Å². The molecule has 0 aliphatic carbocycles. The van der Waals surface area contributed by atoms with E-state index in [1.165, 1.54) is 111 Å². The Morgan fingerprint density at radius 1 is 0.308 bits per heavy atom. The number of aryl methyl sites for hydroxylation is 9. The van der Waals surface area contributed by atoms with Gasteiger partial charge in [-0.3, -0.25) is 0 Å². The maximum atomic E-state index is 2.45. The maximum absolute atomic E-state index is 2.45. The molecule has 0 amide bonds. The Balaban J connectivity index is 1.48. The van der Waals surface area contributed by atoms with Gasteiger partial charge in [0.25, 0.3) is 0 Å². The fraction of sp³-hybridized carbons (Fsp3) is 0.265. The van der Waals surface area contributed by atoms with Gasteiger partial charge in [0.1, 0.15) is 0 Å². The summed E-state index contributed by atoms with van der Waals surface area (Å²) in [7, 11) is 2.19. The van der Waals surface area contributed by atoms with Crippen LogP contribution in [0, 0.1) is 83.1 Å². The molecule has 0 saturated carbocycles. The second kappa shape index (κ2) is 13.0. The third-order valence-corrected chi connectivity index (χ3v) is 12.2. The van der Waals surface area contributed by atoms with Crippen LogP contribution in [0.15, 0.2) is 84.9 Å². The normalized spacial score (nSPS) is 11.6. The van der Waals surface area contributed by atoms with Gasteiger partial charge < -0.3 is 14.4 Å².